The largest absolute Gasteiger partial charge is 0.312 e. The Morgan fingerprint density at radius 2 is 2.20 bits per heavy atom. The van der Waals surface area contributed by atoms with Crippen molar-refractivity contribution in [1.29, 1.82) is 0 Å². The van der Waals surface area contributed by atoms with Gasteiger partial charge in [-0.2, -0.15) is 0 Å². The summed E-state index contributed by atoms with van der Waals surface area (Å²) < 4.78 is 0. The fraction of sp³-hybridized carbons (Fsp3) is 0.750. The molecule has 0 bridgehead atoms. The summed E-state index contributed by atoms with van der Waals surface area (Å²) >= 11 is 1.85. The van der Waals surface area contributed by atoms with Crippen molar-refractivity contribution in [3.8, 4) is 0 Å². The van der Waals surface area contributed by atoms with E-state index in [1.54, 1.807) is 0 Å². The molecule has 1 atom stereocenters. The van der Waals surface area contributed by atoms with Crippen LogP contribution in [-0.4, -0.2) is 12.0 Å². The van der Waals surface area contributed by atoms with Gasteiger partial charge in [0, 0.05) is 10.9 Å². The van der Waals surface area contributed by atoms with Crippen molar-refractivity contribution in [2.75, 3.05) is 7.05 Å². The Kier molecular flexibility index (Phi) is 3.42. The number of aromatic nitrogens is 1. The Bertz CT molecular complexity index is 328. The number of thiazole rings is 1. The predicted molar refractivity (Wildman–Crippen MR) is 65.3 cm³/mol. The fourth-order valence-corrected chi connectivity index (χ4v) is 3.16. The van der Waals surface area contributed by atoms with Crippen molar-refractivity contribution in [2.45, 2.75) is 45.6 Å². The summed E-state index contributed by atoms with van der Waals surface area (Å²) in [4.78, 5) is 5.94. The monoisotopic (exact) mass is 224 g/mol. The Morgan fingerprint density at radius 3 is 2.67 bits per heavy atom. The summed E-state index contributed by atoms with van der Waals surface area (Å²) in [5.41, 5.74) is 1.22. The zero-order chi connectivity index (χ0) is 10.8. The normalized spacial score (nSPS) is 18.1. The summed E-state index contributed by atoms with van der Waals surface area (Å²) in [5.74, 6) is 1.02. The number of hydrogen-bond donors (Lipinski definition) is 1. The van der Waals surface area contributed by atoms with Gasteiger partial charge < -0.3 is 5.32 Å². The van der Waals surface area contributed by atoms with Crippen LogP contribution >= 0.6 is 11.3 Å². The van der Waals surface area contributed by atoms with Gasteiger partial charge in [0.2, 0.25) is 0 Å². The maximum absolute atomic E-state index is 4.50. The molecule has 0 aliphatic heterocycles. The SMILES string of the molecule is CNC(CCC1CC1)c1sc(C)nc1C. The second kappa shape index (κ2) is 4.62. The number of aryl methyl sites for hydroxylation is 2. The quantitative estimate of drug-likeness (QED) is 0.830. The van der Waals surface area contributed by atoms with Crippen molar-refractivity contribution < 1.29 is 0 Å². The molecule has 0 spiro atoms. The van der Waals surface area contributed by atoms with Crippen LogP contribution in [0.4, 0.5) is 0 Å². The highest BCUT2D eigenvalue weighted by atomic mass is 32.1. The number of nitrogens with one attached hydrogen (secondary N) is 1. The van der Waals surface area contributed by atoms with E-state index in [9.17, 15) is 0 Å². The maximum atomic E-state index is 4.50. The van der Waals surface area contributed by atoms with Gasteiger partial charge in [-0.1, -0.05) is 12.8 Å². The smallest absolute Gasteiger partial charge is 0.0900 e. The average molecular weight is 224 g/mol. The molecule has 0 saturated heterocycles. The lowest BCUT2D eigenvalue weighted by Crippen LogP contribution is -2.16. The highest BCUT2D eigenvalue weighted by molar-refractivity contribution is 7.11. The molecule has 84 valence electrons. The molecular weight excluding hydrogens is 204 g/mol. The highest BCUT2D eigenvalue weighted by Gasteiger charge is 2.23. The molecule has 1 unspecified atom stereocenters. The zero-order valence-electron chi connectivity index (χ0n) is 9.84. The molecule has 2 rings (SSSR count). The van der Waals surface area contributed by atoms with Crippen molar-refractivity contribution in [3.05, 3.63) is 15.6 Å². The van der Waals surface area contributed by atoms with E-state index >= 15 is 0 Å². The molecule has 0 amide bonds. The Balaban J connectivity index is 2.00. The Labute approximate surface area is 96.1 Å². The third-order valence-electron chi connectivity index (χ3n) is 3.16. The minimum atomic E-state index is 0.525. The lowest BCUT2D eigenvalue weighted by Gasteiger charge is -2.14. The Hall–Kier alpha value is -0.410. The van der Waals surface area contributed by atoms with Gasteiger partial charge in [-0.15, -0.1) is 11.3 Å². The van der Waals surface area contributed by atoms with Crippen molar-refractivity contribution >= 4 is 11.3 Å². The van der Waals surface area contributed by atoms with Gasteiger partial charge in [0.05, 0.1) is 10.7 Å². The molecule has 1 N–H and O–H groups in total. The topological polar surface area (TPSA) is 24.9 Å². The van der Waals surface area contributed by atoms with Crippen LogP contribution in [0.5, 0.6) is 0 Å². The minimum absolute atomic E-state index is 0.525. The molecule has 1 fully saturated rings. The lowest BCUT2D eigenvalue weighted by molar-refractivity contribution is 0.510. The van der Waals surface area contributed by atoms with E-state index in [0.717, 1.165) is 5.92 Å². The van der Waals surface area contributed by atoms with Crippen LogP contribution < -0.4 is 5.32 Å². The van der Waals surface area contributed by atoms with Gasteiger partial charge in [-0.25, -0.2) is 4.98 Å². The molecule has 0 aromatic carbocycles. The van der Waals surface area contributed by atoms with Crippen LogP contribution in [0.3, 0.4) is 0 Å². The zero-order valence-corrected chi connectivity index (χ0v) is 10.7. The molecule has 15 heavy (non-hydrogen) atoms. The van der Waals surface area contributed by atoms with Crippen LogP contribution in [0.1, 0.15) is 47.3 Å². The second-order valence-electron chi connectivity index (χ2n) is 4.54. The van der Waals surface area contributed by atoms with Crippen molar-refractivity contribution in [2.24, 2.45) is 5.92 Å². The van der Waals surface area contributed by atoms with E-state index in [4.69, 9.17) is 0 Å². The van der Waals surface area contributed by atoms with Gasteiger partial charge in [0.25, 0.3) is 0 Å². The maximum Gasteiger partial charge on any atom is 0.0900 e. The molecule has 3 heteroatoms. The molecule has 1 saturated carbocycles. The lowest BCUT2D eigenvalue weighted by atomic mass is 10.1. The second-order valence-corrected chi connectivity index (χ2v) is 5.78. The van der Waals surface area contributed by atoms with Crippen LogP contribution in [-0.2, 0) is 0 Å². The third kappa shape index (κ3) is 2.79. The van der Waals surface area contributed by atoms with Gasteiger partial charge in [-0.05, 0) is 39.7 Å². The average Bonchev–Trinajstić information content (AvgIpc) is 2.95. The summed E-state index contributed by atoms with van der Waals surface area (Å²) in [5, 5.41) is 4.62. The van der Waals surface area contributed by atoms with E-state index in [0.29, 0.717) is 6.04 Å². The summed E-state index contributed by atoms with van der Waals surface area (Å²) in [6.45, 7) is 4.22. The van der Waals surface area contributed by atoms with Gasteiger partial charge >= 0.3 is 0 Å². The van der Waals surface area contributed by atoms with E-state index < -0.39 is 0 Å². The van der Waals surface area contributed by atoms with E-state index in [-0.39, 0.29) is 0 Å². The van der Waals surface area contributed by atoms with Gasteiger partial charge in [0.15, 0.2) is 0 Å². The van der Waals surface area contributed by atoms with Crippen molar-refractivity contribution in [1.82, 2.24) is 10.3 Å². The van der Waals surface area contributed by atoms with Gasteiger partial charge in [-0.3, -0.25) is 0 Å². The van der Waals surface area contributed by atoms with Crippen LogP contribution in [0.15, 0.2) is 0 Å². The summed E-state index contributed by atoms with van der Waals surface area (Å²) in [6, 6.07) is 0.525. The molecule has 1 heterocycles. The van der Waals surface area contributed by atoms with E-state index in [1.807, 2.05) is 11.3 Å². The summed E-state index contributed by atoms with van der Waals surface area (Å²) in [7, 11) is 2.06. The summed E-state index contributed by atoms with van der Waals surface area (Å²) in [6.07, 6.45) is 5.56. The molecule has 1 aromatic rings. The standard InChI is InChI=1S/C12H20N2S/c1-8-12(15-9(2)14-8)11(13-3)7-6-10-4-5-10/h10-11,13H,4-7H2,1-3H3. The fourth-order valence-electron chi connectivity index (χ4n) is 2.09. The first-order valence-electron chi connectivity index (χ1n) is 5.82. The van der Waals surface area contributed by atoms with Crippen LogP contribution in [0.25, 0.3) is 0 Å². The number of rotatable bonds is 5. The first kappa shape index (κ1) is 11.1. The minimum Gasteiger partial charge on any atom is -0.312 e. The number of hydrogen-bond acceptors (Lipinski definition) is 3. The molecule has 0 radical (unpaired) electrons. The molecule has 2 nitrogen and oxygen atoms in total. The first-order chi connectivity index (χ1) is 7.20. The first-order valence-corrected chi connectivity index (χ1v) is 6.63. The molecular formula is C12H20N2S. The van der Waals surface area contributed by atoms with E-state index in [2.05, 4.69) is 31.2 Å². The molecule has 1 aromatic heterocycles. The van der Waals surface area contributed by atoms with E-state index in [1.165, 1.54) is 41.3 Å². The third-order valence-corrected chi connectivity index (χ3v) is 4.35. The molecule has 1 aliphatic carbocycles. The van der Waals surface area contributed by atoms with Crippen LogP contribution in [0.2, 0.25) is 0 Å². The van der Waals surface area contributed by atoms with Gasteiger partial charge in [0.1, 0.15) is 0 Å². The highest BCUT2D eigenvalue weighted by Crippen LogP contribution is 2.37. The predicted octanol–water partition coefficient (Wildman–Crippen LogP) is 3.21. The molecule has 1 aliphatic rings. The Morgan fingerprint density at radius 1 is 1.47 bits per heavy atom. The van der Waals surface area contributed by atoms with Crippen molar-refractivity contribution in [3.63, 3.8) is 0 Å². The van der Waals surface area contributed by atoms with Crippen LogP contribution in [0, 0.1) is 19.8 Å². The number of nitrogens with zero attached hydrogens (tertiary/aromatic N) is 1.